The van der Waals surface area contributed by atoms with Crippen LogP contribution in [0.2, 0.25) is 10.0 Å². The van der Waals surface area contributed by atoms with Gasteiger partial charge >= 0.3 is 11.9 Å². The van der Waals surface area contributed by atoms with Crippen LogP contribution in [-0.4, -0.2) is 45.5 Å². The summed E-state index contributed by atoms with van der Waals surface area (Å²) in [5.41, 5.74) is 1.49. The molecule has 1 unspecified atom stereocenters. The van der Waals surface area contributed by atoms with Crippen LogP contribution < -0.4 is 26.6 Å². The van der Waals surface area contributed by atoms with Crippen molar-refractivity contribution in [3.8, 4) is 28.3 Å². The molecule has 1 aliphatic heterocycles. The van der Waals surface area contributed by atoms with Gasteiger partial charge in [-0.25, -0.2) is 14.8 Å². The summed E-state index contributed by atoms with van der Waals surface area (Å²) in [5.74, 6) is 0.119. The highest BCUT2D eigenvalue weighted by molar-refractivity contribution is 6.39. The van der Waals surface area contributed by atoms with Gasteiger partial charge in [0.15, 0.2) is 0 Å². The lowest BCUT2D eigenvalue weighted by atomic mass is 9.99. The number of aromatic nitrogens is 4. The first kappa shape index (κ1) is 35.0. The van der Waals surface area contributed by atoms with Crippen LogP contribution in [0.15, 0.2) is 58.1 Å². The van der Waals surface area contributed by atoms with Gasteiger partial charge in [0, 0.05) is 61.6 Å². The monoisotopic (exact) mass is 740 g/mol. The normalized spacial score (nSPS) is 16.4. The molecule has 1 aliphatic carbocycles. The smallest absolute Gasteiger partial charge is 0.433 e. The minimum absolute atomic E-state index is 0.115. The van der Waals surface area contributed by atoms with Crippen molar-refractivity contribution in [2.45, 2.75) is 43.9 Å². The molecule has 1 saturated heterocycles. The number of methoxy groups -OCH3 is 1. The number of hydrogen-bond acceptors (Lipinski definition) is 8. The Morgan fingerprint density at radius 3 is 2.31 bits per heavy atom. The van der Waals surface area contributed by atoms with Gasteiger partial charge in [0.05, 0.1) is 34.1 Å². The molecule has 0 saturated carbocycles. The van der Waals surface area contributed by atoms with Gasteiger partial charge < -0.3 is 20.1 Å². The zero-order chi connectivity index (χ0) is 36.2. The molecular formula is C36H33Cl2F3N6O4. The van der Waals surface area contributed by atoms with Crippen molar-refractivity contribution in [2.75, 3.05) is 25.6 Å². The van der Waals surface area contributed by atoms with Crippen molar-refractivity contribution < 1.29 is 22.6 Å². The first-order valence-electron chi connectivity index (χ1n) is 16.3. The van der Waals surface area contributed by atoms with E-state index in [-0.39, 0.29) is 27.7 Å². The second-order valence-electron chi connectivity index (χ2n) is 12.6. The number of nitrogens with zero attached hydrogens (tertiary/aromatic N) is 4. The Labute approximate surface area is 300 Å². The standard InChI is InChI=1S/C36H33Cl2F3N6O4/c1-46-26-17-27(36(39,40)41)45-32(29(26)34(48)47(2)35(46)49)43-24-9-5-7-21(31(24)38)20-6-4-8-22(30(20)37)25-16-18-10-11-23(28(18)33(44-25)50-3)42-19-12-14-51-15-13-19/h4-9,16-17,19,23,42H,10-15H2,1-3H3,(H,43,45). The molecular weight excluding hydrogens is 708 g/mol. The van der Waals surface area contributed by atoms with E-state index in [1.54, 1.807) is 31.4 Å². The molecule has 2 aromatic carbocycles. The number of benzene rings is 2. The first-order chi connectivity index (χ1) is 24.4. The minimum atomic E-state index is -4.86. The van der Waals surface area contributed by atoms with E-state index in [9.17, 15) is 22.8 Å². The number of anilines is 2. The van der Waals surface area contributed by atoms with Crippen molar-refractivity contribution in [1.29, 1.82) is 0 Å². The Kier molecular flexibility index (Phi) is 9.34. The lowest BCUT2D eigenvalue weighted by Gasteiger charge is -2.27. The summed E-state index contributed by atoms with van der Waals surface area (Å²) in [5, 5.41) is 6.87. The van der Waals surface area contributed by atoms with Gasteiger partial charge in [0.25, 0.3) is 5.56 Å². The van der Waals surface area contributed by atoms with Crippen molar-refractivity contribution in [3.05, 3.63) is 96.2 Å². The van der Waals surface area contributed by atoms with Gasteiger partial charge in [-0.15, -0.1) is 0 Å². The van der Waals surface area contributed by atoms with Crippen LogP contribution in [0.25, 0.3) is 33.3 Å². The lowest BCUT2D eigenvalue weighted by Crippen LogP contribution is -2.37. The van der Waals surface area contributed by atoms with Crippen LogP contribution in [0.4, 0.5) is 24.7 Å². The highest BCUT2D eigenvalue weighted by atomic mass is 35.5. The van der Waals surface area contributed by atoms with Crippen molar-refractivity contribution >= 4 is 45.6 Å². The van der Waals surface area contributed by atoms with E-state index in [0.717, 1.165) is 59.2 Å². The van der Waals surface area contributed by atoms with Gasteiger partial charge in [-0.3, -0.25) is 13.9 Å². The largest absolute Gasteiger partial charge is 0.481 e. The Bertz CT molecular complexity index is 2300. The van der Waals surface area contributed by atoms with Crippen molar-refractivity contribution in [3.63, 3.8) is 0 Å². The zero-order valence-electron chi connectivity index (χ0n) is 27.8. The molecule has 5 aromatic rings. The molecule has 1 fully saturated rings. The summed E-state index contributed by atoms with van der Waals surface area (Å²) in [6.45, 7) is 1.48. The fraction of sp³-hybridized carbons (Fsp3) is 0.333. The number of nitrogens with one attached hydrogen (secondary N) is 2. The number of alkyl halides is 3. The maximum Gasteiger partial charge on any atom is 0.433 e. The van der Waals surface area contributed by atoms with E-state index in [1.165, 1.54) is 14.1 Å². The number of hydrogen-bond donors (Lipinski definition) is 2. The summed E-state index contributed by atoms with van der Waals surface area (Å²) in [7, 11) is 4.12. The third kappa shape index (κ3) is 6.37. The Morgan fingerprint density at radius 2 is 1.61 bits per heavy atom. The van der Waals surface area contributed by atoms with Crippen molar-refractivity contribution in [2.24, 2.45) is 14.1 Å². The number of ether oxygens (including phenoxy) is 2. The number of rotatable bonds is 7. The maximum absolute atomic E-state index is 13.9. The molecule has 0 amide bonds. The summed E-state index contributed by atoms with van der Waals surface area (Å²) in [6.07, 6.45) is -1.20. The van der Waals surface area contributed by atoms with E-state index in [2.05, 4.69) is 15.6 Å². The topological polar surface area (TPSA) is 112 Å². The number of fused-ring (bicyclic) bond motifs is 2. The predicted octanol–water partition coefficient (Wildman–Crippen LogP) is 7.19. The predicted molar refractivity (Wildman–Crippen MR) is 190 cm³/mol. The SMILES string of the molecule is COc1nc(-c2cccc(-c3cccc(Nc4nc(C(F)(F)F)cc5c4c(=O)n(C)c(=O)n5C)c3Cl)c2Cl)cc2c1C(NC1CCOCC1)CC2. The molecule has 0 spiro atoms. The summed E-state index contributed by atoms with van der Waals surface area (Å²) >= 11 is 14.0. The van der Waals surface area contributed by atoms with Gasteiger partial charge in [0.2, 0.25) is 5.88 Å². The van der Waals surface area contributed by atoms with Crippen LogP contribution in [0.5, 0.6) is 5.88 Å². The lowest BCUT2D eigenvalue weighted by molar-refractivity contribution is -0.141. The third-order valence-corrected chi connectivity index (χ3v) is 10.4. The van der Waals surface area contributed by atoms with E-state index >= 15 is 0 Å². The Morgan fingerprint density at radius 1 is 0.922 bits per heavy atom. The van der Waals surface area contributed by atoms with Crippen LogP contribution in [0, 0.1) is 0 Å². The summed E-state index contributed by atoms with van der Waals surface area (Å²) in [6, 6.07) is 13.5. The molecule has 2 aliphatic rings. The van der Waals surface area contributed by atoms with Gasteiger partial charge in [-0.2, -0.15) is 13.2 Å². The van der Waals surface area contributed by atoms with E-state index in [1.807, 2.05) is 18.2 Å². The second-order valence-corrected chi connectivity index (χ2v) is 13.4. The maximum atomic E-state index is 13.9. The van der Waals surface area contributed by atoms with E-state index in [0.29, 0.717) is 45.4 Å². The number of pyridine rings is 2. The zero-order valence-corrected chi connectivity index (χ0v) is 29.3. The van der Waals surface area contributed by atoms with E-state index in [4.69, 9.17) is 37.7 Å². The molecule has 10 nitrogen and oxygen atoms in total. The van der Waals surface area contributed by atoms with Crippen LogP contribution in [-0.2, 0) is 31.4 Å². The second kappa shape index (κ2) is 13.6. The molecule has 51 heavy (non-hydrogen) atoms. The average Bonchev–Trinajstić information content (AvgIpc) is 3.52. The molecule has 7 rings (SSSR count). The van der Waals surface area contributed by atoms with Crippen LogP contribution in [0.3, 0.4) is 0 Å². The fourth-order valence-corrected chi connectivity index (χ4v) is 7.54. The van der Waals surface area contributed by atoms with Crippen LogP contribution in [0.1, 0.15) is 42.1 Å². The van der Waals surface area contributed by atoms with Gasteiger partial charge in [-0.1, -0.05) is 53.5 Å². The first-order valence-corrected chi connectivity index (χ1v) is 17.1. The quantitative estimate of drug-likeness (QED) is 0.180. The molecule has 0 radical (unpaired) electrons. The Balaban J connectivity index is 1.27. The summed E-state index contributed by atoms with van der Waals surface area (Å²) < 4.78 is 54.9. The highest BCUT2D eigenvalue weighted by Crippen LogP contribution is 2.45. The molecule has 3 aromatic heterocycles. The minimum Gasteiger partial charge on any atom is -0.481 e. The number of halogens is 5. The van der Waals surface area contributed by atoms with Gasteiger partial charge in [-0.05, 0) is 49.4 Å². The fourth-order valence-electron chi connectivity index (χ4n) is 6.94. The molecule has 1 atom stereocenters. The highest BCUT2D eigenvalue weighted by Gasteiger charge is 2.35. The molecule has 4 heterocycles. The Hall–Kier alpha value is -4.43. The van der Waals surface area contributed by atoms with E-state index < -0.39 is 28.9 Å². The average molecular weight is 742 g/mol. The van der Waals surface area contributed by atoms with Gasteiger partial charge in [0.1, 0.15) is 16.9 Å². The molecule has 15 heteroatoms. The van der Waals surface area contributed by atoms with Crippen molar-refractivity contribution in [1.82, 2.24) is 24.4 Å². The molecule has 2 N–H and O–H groups in total. The number of aryl methyl sites for hydroxylation is 2. The molecule has 0 bridgehead atoms. The summed E-state index contributed by atoms with van der Waals surface area (Å²) in [4.78, 5) is 34.4. The van der Waals surface area contributed by atoms with Crippen LogP contribution >= 0.6 is 23.2 Å². The third-order valence-electron chi connectivity index (χ3n) is 9.57. The molecule has 266 valence electrons.